The third-order valence-electron chi connectivity index (χ3n) is 2.57. The number of carboxylic acids is 1. The normalized spacial score (nSPS) is 14.8. The third kappa shape index (κ3) is 5.56. The second-order valence-electron chi connectivity index (χ2n) is 5.41. The molecule has 0 aliphatic carbocycles. The summed E-state index contributed by atoms with van der Waals surface area (Å²) in [7, 11) is 0. The molecule has 100 valence electrons. The van der Waals surface area contributed by atoms with Crippen molar-refractivity contribution in [2.24, 2.45) is 5.41 Å². The van der Waals surface area contributed by atoms with Gasteiger partial charge in [0.2, 0.25) is 0 Å². The van der Waals surface area contributed by atoms with E-state index in [2.05, 4.69) is 5.32 Å². The third-order valence-corrected chi connectivity index (χ3v) is 2.57. The maximum atomic E-state index is 11.6. The summed E-state index contributed by atoms with van der Waals surface area (Å²) in [5, 5.41) is 11.5. The number of rotatable bonds is 4. The number of carbonyl (C=O) groups is 2. The molecule has 1 atom stereocenters. The Morgan fingerprint density at radius 2 is 1.94 bits per heavy atom. The molecule has 0 heterocycles. The minimum Gasteiger partial charge on any atom is -0.480 e. The largest absolute Gasteiger partial charge is 0.480 e. The molecule has 2 N–H and O–H groups in total. The van der Waals surface area contributed by atoms with Crippen LogP contribution in [-0.2, 0) is 9.53 Å². The fraction of sp³-hybridized carbons (Fsp3) is 0.833. The van der Waals surface area contributed by atoms with Crippen LogP contribution in [0.25, 0.3) is 0 Å². The van der Waals surface area contributed by atoms with E-state index >= 15 is 0 Å². The lowest BCUT2D eigenvalue weighted by molar-refractivity contribution is -0.142. The van der Waals surface area contributed by atoms with Gasteiger partial charge in [-0.05, 0) is 32.6 Å². The van der Waals surface area contributed by atoms with Crippen molar-refractivity contribution in [2.45, 2.75) is 59.6 Å². The Bertz CT molecular complexity index is 315. The van der Waals surface area contributed by atoms with Gasteiger partial charge >= 0.3 is 12.1 Å². The number of carboxylic acid groups (broad SMARTS) is 1. The van der Waals surface area contributed by atoms with Crippen molar-refractivity contribution in [1.29, 1.82) is 0 Å². The van der Waals surface area contributed by atoms with Crippen molar-refractivity contribution in [3.63, 3.8) is 0 Å². The Morgan fingerprint density at radius 3 is 2.29 bits per heavy atom. The fourth-order valence-corrected chi connectivity index (χ4v) is 1.19. The summed E-state index contributed by atoms with van der Waals surface area (Å²) in [4.78, 5) is 22.8. The number of hydrogen-bond acceptors (Lipinski definition) is 3. The molecule has 0 saturated heterocycles. The first-order valence-electron chi connectivity index (χ1n) is 6.28. The number of amides is 1. The molecular weight excluding hydrogens is 222 g/mol. The van der Waals surface area contributed by atoms with Crippen LogP contribution in [0.15, 0.2) is 0 Å². The van der Waals surface area contributed by atoms with Gasteiger partial charge < -0.3 is 15.2 Å². The minimum atomic E-state index is -1.09. The number of carbonyl (C=O) groups excluding carboxylic acids is 1. The molecule has 5 heteroatoms. The Hall–Kier alpha value is -1.26. The summed E-state index contributed by atoms with van der Waals surface area (Å²) in [6.45, 7) is 8.50. The summed E-state index contributed by atoms with van der Waals surface area (Å²) in [5.74, 6) is -1.09. The summed E-state index contributed by atoms with van der Waals surface area (Å²) in [5.41, 5.74) is -1.50. The van der Waals surface area contributed by atoms with Crippen LogP contribution >= 0.6 is 0 Å². The summed E-state index contributed by atoms with van der Waals surface area (Å²) >= 11 is 0. The highest BCUT2D eigenvalue weighted by atomic mass is 16.6. The van der Waals surface area contributed by atoms with E-state index in [0.717, 1.165) is 0 Å². The van der Waals surface area contributed by atoms with E-state index in [0.29, 0.717) is 6.42 Å². The van der Waals surface area contributed by atoms with Crippen molar-refractivity contribution in [2.75, 3.05) is 0 Å². The lowest BCUT2D eigenvalue weighted by Crippen LogP contribution is -2.51. The summed E-state index contributed by atoms with van der Waals surface area (Å²) in [6.07, 6.45) is -0.201. The highest BCUT2D eigenvalue weighted by Crippen LogP contribution is 2.25. The van der Waals surface area contributed by atoms with E-state index in [1.54, 1.807) is 27.7 Å². The smallest absolute Gasteiger partial charge is 0.408 e. The molecule has 0 aromatic carbocycles. The average molecular weight is 246 g/mol. The van der Waals surface area contributed by atoms with E-state index in [4.69, 9.17) is 11.2 Å². The summed E-state index contributed by atoms with van der Waals surface area (Å²) in [6, 6.07) is -1.02. The van der Waals surface area contributed by atoms with Crippen LogP contribution in [0.3, 0.4) is 0 Å². The lowest BCUT2D eigenvalue weighted by atomic mass is 9.82. The molecule has 0 saturated carbocycles. The van der Waals surface area contributed by atoms with E-state index in [-0.39, 0.29) is 6.90 Å². The van der Waals surface area contributed by atoms with Crippen LogP contribution in [0, 0.1) is 5.41 Å². The van der Waals surface area contributed by atoms with Gasteiger partial charge in [0.15, 0.2) is 0 Å². The predicted molar refractivity (Wildman–Crippen MR) is 64.9 cm³/mol. The SMILES string of the molecule is [2H]CC(C)(C)OC(=O)NC(C(=O)O)C(C)(C)CC. The van der Waals surface area contributed by atoms with Crippen LogP contribution in [0.4, 0.5) is 4.79 Å². The second-order valence-corrected chi connectivity index (χ2v) is 5.41. The lowest BCUT2D eigenvalue weighted by Gasteiger charge is -2.31. The van der Waals surface area contributed by atoms with Crippen LogP contribution in [-0.4, -0.2) is 28.8 Å². The number of hydrogen-bond donors (Lipinski definition) is 2. The molecule has 0 aromatic heterocycles. The minimum absolute atomic E-state index is 0.0880. The summed E-state index contributed by atoms with van der Waals surface area (Å²) < 4.78 is 12.2. The van der Waals surface area contributed by atoms with Gasteiger partial charge in [-0.2, -0.15) is 0 Å². The number of alkyl carbamates (subject to hydrolysis) is 1. The first-order valence-corrected chi connectivity index (χ1v) is 5.57. The monoisotopic (exact) mass is 246 g/mol. The van der Waals surface area contributed by atoms with Crippen molar-refractivity contribution in [1.82, 2.24) is 5.32 Å². The molecule has 0 bridgehead atoms. The van der Waals surface area contributed by atoms with Crippen molar-refractivity contribution < 1.29 is 20.8 Å². The molecule has 0 radical (unpaired) electrons. The standard InChI is InChI=1S/C12H23NO4/c1-7-12(5,6)8(9(14)15)13-10(16)17-11(2,3)4/h8H,7H2,1-6H3,(H,13,16)(H,14,15)/i2D. The first-order chi connectivity index (χ1) is 8.05. The second kappa shape index (κ2) is 5.38. The molecule has 0 aromatic rings. The Labute approximate surface area is 104 Å². The molecule has 1 amide bonds. The zero-order valence-electron chi connectivity index (χ0n) is 12.2. The molecular formula is C12H23NO4. The van der Waals surface area contributed by atoms with Crippen LogP contribution in [0.2, 0.25) is 0 Å². The van der Waals surface area contributed by atoms with Gasteiger partial charge in [0, 0.05) is 1.37 Å². The average Bonchev–Trinajstić information content (AvgIpc) is 2.24. The van der Waals surface area contributed by atoms with Gasteiger partial charge in [0.25, 0.3) is 0 Å². The fourth-order valence-electron chi connectivity index (χ4n) is 1.19. The maximum absolute atomic E-state index is 11.6. The van der Waals surface area contributed by atoms with E-state index in [1.165, 1.54) is 0 Å². The number of nitrogens with one attached hydrogen (secondary N) is 1. The highest BCUT2D eigenvalue weighted by Gasteiger charge is 2.36. The number of aliphatic carboxylic acids is 1. The van der Waals surface area contributed by atoms with Gasteiger partial charge in [-0.25, -0.2) is 9.59 Å². The first kappa shape index (κ1) is 13.8. The van der Waals surface area contributed by atoms with Crippen molar-refractivity contribution >= 4 is 12.1 Å². The van der Waals surface area contributed by atoms with E-state index < -0.39 is 29.1 Å². The topological polar surface area (TPSA) is 75.6 Å². The van der Waals surface area contributed by atoms with Crippen LogP contribution < -0.4 is 5.32 Å². The Balaban J connectivity index is 4.73. The van der Waals surface area contributed by atoms with Gasteiger partial charge in [0.1, 0.15) is 11.6 Å². The van der Waals surface area contributed by atoms with Gasteiger partial charge in [-0.15, -0.1) is 0 Å². The van der Waals surface area contributed by atoms with Crippen LogP contribution in [0.1, 0.15) is 49.3 Å². The van der Waals surface area contributed by atoms with Crippen molar-refractivity contribution in [3.8, 4) is 0 Å². The quantitative estimate of drug-likeness (QED) is 0.798. The van der Waals surface area contributed by atoms with Gasteiger partial charge in [-0.1, -0.05) is 20.8 Å². The molecule has 0 spiro atoms. The van der Waals surface area contributed by atoms with Crippen molar-refractivity contribution in [3.05, 3.63) is 0 Å². The number of ether oxygens (including phenoxy) is 1. The molecule has 0 fully saturated rings. The molecule has 1 unspecified atom stereocenters. The zero-order chi connectivity index (χ0) is 14.6. The predicted octanol–water partition coefficient (Wildman–Crippen LogP) is 2.40. The van der Waals surface area contributed by atoms with Crippen LogP contribution in [0.5, 0.6) is 0 Å². The van der Waals surface area contributed by atoms with E-state index in [9.17, 15) is 9.59 Å². The zero-order valence-corrected chi connectivity index (χ0v) is 11.2. The Kier molecular flexibility index (Phi) is 4.37. The Morgan fingerprint density at radius 1 is 1.41 bits per heavy atom. The molecule has 0 rings (SSSR count). The van der Waals surface area contributed by atoms with E-state index in [1.807, 2.05) is 6.92 Å². The molecule has 0 aliphatic rings. The molecule has 17 heavy (non-hydrogen) atoms. The molecule has 0 aliphatic heterocycles. The highest BCUT2D eigenvalue weighted by molar-refractivity contribution is 5.80. The van der Waals surface area contributed by atoms with Gasteiger partial charge in [-0.3, -0.25) is 0 Å². The van der Waals surface area contributed by atoms with Gasteiger partial charge in [0.05, 0.1) is 0 Å². The molecule has 5 nitrogen and oxygen atoms in total. The maximum Gasteiger partial charge on any atom is 0.408 e.